The molecule has 0 fully saturated rings. The van der Waals surface area contributed by atoms with Gasteiger partial charge >= 0.3 is 5.69 Å². The molecule has 0 radical (unpaired) electrons. The first-order chi connectivity index (χ1) is 15.0. The Morgan fingerprint density at radius 1 is 1.16 bits per heavy atom. The molecular weight excluding hydrogens is 398 g/mol. The first-order valence-corrected chi connectivity index (χ1v) is 10.0. The van der Waals surface area contributed by atoms with Gasteiger partial charge in [-0.15, -0.1) is 0 Å². The Bertz CT molecular complexity index is 1170. The van der Waals surface area contributed by atoms with Gasteiger partial charge in [0, 0.05) is 12.7 Å². The average molecular weight is 423 g/mol. The SMILES string of the molecule is CCCN(C(=O)c1cccnc1OCC)c1c(N)n(Cc2ccccc2)c(=O)[nH]c1=O. The summed E-state index contributed by atoms with van der Waals surface area (Å²) in [6.07, 6.45) is 2.08. The summed E-state index contributed by atoms with van der Waals surface area (Å²) >= 11 is 0. The van der Waals surface area contributed by atoms with Crippen molar-refractivity contribution in [1.29, 1.82) is 0 Å². The molecule has 3 N–H and O–H groups in total. The van der Waals surface area contributed by atoms with E-state index in [1.54, 1.807) is 19.1 Å². The van der Waals surface area contributed by atoms with Crippen molar-refractivity contribution in [2.75, 3.05) is 23.8 Å². The molecule has 0 aliphatic carbocycles. The van der Waals surface area contributed by atoms with Crippen LogP contribution in [-0.2, 0) is 6.54 Å². The maximum absolute atomic E-state index is 13.4. The van der Waals surface area contributed by atoms with Crippen molar-refractivity contribution in [2.24, 2.45) is 0 Å². The standard InChI is InChI=1S/C22H25N5O4/c1-3-13-26(21(29)16-11-8-12-24-20(16)31-4-2)17-18(23)27(22(30)25-19(17)28)14-15-9-6-5-7-10-15/h5-12H,3-4,13-14,23H2,1-2H3,(H,25,28,30). The lowest BCUT2D eigenvalue weighted by Gasteiger charge is -2.24. The second-order valence-corrected chi connectivity index (χ2v) is 6.81. The number of carbonyl (C=O) groups is 1. The van der Waals surface area contributed by atoms with Crippen LogP contribution >= 0.6 is 0 Å². The van der Waals surface area contributed by atoms with Crippen molar-refractivity contribution in [3.05, 3.63) is 80.6 Å². The number of amides is 1. The van der Waals surface area contributed by atoms with Gasteiger partial charge in [0.1, 0.15) is 11.4 Å². The lowest BCUT2D eigenvalue weighted by atomic mass is 10.2. The van der Waals surface area contributed by atoms with Crippen molar-refractivity contribution in [3.63, 3.8) is 0 Å². The third-order valence-electron chi connectivity index (χ3n) is 4.64. The van der Waals surface area contributed by atoms with Crippen molar-refractivity contribution in [1.82, 2.24) is 14.5 Å². The van der Waals surface area contributed by atoms with E-state index >= 15 is 0 Å². The summed E-state index contributed by atoms with van der Waals surface area (Å²) in [5.41, 5.74) is 5.87. The zero-order valence-electron chi connectivity index (χ0n) is 17.5. The topological polar surface area (TPSA) is 123 Å². The van der Waals surface area contributed by atoms with Crippen LogP contribution in [0.25, 0.3) is 0 Å². The second-order valence-electron chi connectivity index (χ2n) is 6.81. The maximum Gasteiger partial charge on any atom is 0.330 e. The zero-order chi connectivity index (χ0) is 22.4. The summed E-state index contributed by atoms with van der Waals surface area (Å²) in [5.74, 6) is -0.398. The highest BCUT2D eigenvalue weighted by Crippen LogP contribution is 2.23. The number of carbonyl (C=O) groups excluding carboxylic acids is 1. The minimum Gasteiger partial charge on any atom is -0.477 e. The molecule has 9 heteroatoms. The van der Waals surface area contributed by atoms with Crippen LogP contribution in [0.2, 0.25) is 0 Å². The van der Waals surface area contributed by atoms with Crippen LogP contribution < -0.4 is 26.6 Å². The Labute approximate surface area is 179 Å². The molecule has 3 aromatic rings. The van der Waals surface area contributed by atoms with Crippen LogP contribution in [0.1, 0.15) is 36.2 Å². The molecule has 2 heterocycles. The van der Waals surface area contributed by atoms with Crippen molar-refractivity contribution in [3.8, 4) is 5.88 Å². The molecule has 0 saturated heterocycles. The minimum absolute atomic E-state index is 0.0753. The van der Waals surface area contributed by atoms with Gasteiger partial charge in [-0.3, -0.25) is 19.1 Å². The van der Waals surface area contributed by atoms with Gasteiger partial charge in [0.15, 0.2) is 5.69 Å². The molecule has 0 spiro atoms. The number of aromatic nitrogens is 3. The number of ether oxygens (including phenoxy) is 1. The Hall–Kier alpha value is -3.88. The fraction of sp³-hybridized carbons (Fsp3) is 0.273. The third-order valence-corrected chi connectivity index (χ3v) is 4.64. The van der Waals surface area contributed by atoms with Crippen LogP contribution in [-0.4, -0.2) is 33.6 Å². The number of nitrogens with two attached hydrogens (primary N) is 1. The van der Waals surface area contributed by atoms with E-state index in [0.717, 1.165) is 5.56 Å². The molecular formula is C22H25N5O4. The predicted molar refractivity (Wildman–Crippen MR) is 119 cm³/mol. The number of nitrogens with zero attached hydrogens (tertiary/aromatic N) is 3. The molecule has 9 nitrogen and oxygen atoms in total. The number of anilines is 2. The van der Waals surface area contributed by atoms with Gasteiger partial charge in [-0.25, -0.2) is 9.78 Å². The minimum atomic E-state index is -0.726. The fourth-order valence-corrected chi connectivity index (χ4v) is 3.25. The summed E-state index contributed by atoms with van der Waals surface area (Å²) in [6, 6.07) is 12.4. The number of rotatable bonds is 8. The molecule has 0 aliphatic heterocycles. The number of hydrogen-bond acceptors (Lipinski definition) is 6. The smallest absolute Gasteiger partial charge is 0.330 e. The number of hydrogen-bond donors (Lipinski definition) is 2. The molecule has 0 aliphatic rings. The number of nitrogen functional groups attached to an aromatic ring is 1. The van der Waals surface area contributed by atoms with Gasteiger partial charge in [0.05, 0.1) is 13.2 Å². The fourth-order valence-electron chi connectivity index (χ4n) is 3.25. The number of H-pyrrole nitrogens is 1. The van der Waals surface area contributed by atoms with Crippen LogP contribution in [0.3, 0.4) is 0 Å². The molecule has 1 amide bonds. The molecule has 0 bridgehead atoms. The molecule has 1 aromatic carbocycles. The van der Waals surface area contributed by atoms with E-state index in [0.29, 0.717) is 13.0 Å². The van der Waals surface area contributed by atoms with Gasteiger partial charge in [0.25, 0.3) is 11.5 Å². The van der Waals surface area contributed by atoms with Crippen LogP contribution in [0, 0.1) is 0 Å². The third kappa shape index (κ3) is 4.66. The summed E-state index contributed by atoms with van der Waals surface area (Å²) < 4.78 is 6.72. The summed E-state index contributed by atoms with van der Waals surface area (Å²) in [7, 11) is 0. The highest BCUT2D eigenvalue weighted by Gasteiger charge is 2.27. The van der Waals surface area contributed by atoms with Crippen molar-refractivity contribution in [2.45, 2.75) is 26.8 Å². The van der Waals surface area contributed by atoms with E-state index in [1.165, 1.54) is 15.7 Å². The van der Waals surface area contributed by atoms with E-state index in [9.17, 15) is 14.4 Å². The largest absolute Gasteiger partial charge is 0.477 e. The molecule has 162 valence electrons. The summed E-state index contributed by atoms with van der Waals surface area (Å²) in [5, 5.41) is 0. The molecule has 3 rings (SSSR count). The van der Waals surface area contributed by atoms with Crippen molar-refractivity contribution < 1.29 is 9.53 Å². The van der Waals surface area contributed by atoms with Crippen LogP contribution in [0.4, 0.5) is 11.5 Å². The molecule has 31 heavy (non-hydrogen) atoms. The lowest BCUT2D eigenvalue weighted by Crippen LogP contribution is -2.41. The normalized spacial score (nSPS) is 10.6. The monoisotopic (exact) mass is 423 g/mol. The summed E-state index contributed by atoms with van der Waals surface area (Å²) in [6.45, 7) is 4.36. The zero-order valence-corrected chi connectivity index (χ0v) is 17.5. The van der Waals surface area contributed by atoms with Gasteiger partial charge in [-0.1, -0.05) is 37.3 Å². The van der Waals surface area contributed by atoms with E-state index in [2.05, 4.69) is 9.97 Å². The Morgan fingerprint density at radius 2 is 1.90 bits per heavy atom. The van der Waals surface area contributed by atoms with Gasteiger partial charge in [-0.2, -0.15) is 0 Å². The first-order valence-electron chi connectivity index (χ1n) is 10.0. The highest BCUT2D eigenvalue weighted by molar-refractivity contribution is 6.08. The van der Waals surface area contributed by atoms with Crippen molar-refractivity contribution >= 4 is 17.4 Å². The number of nitrogens with one attached hydrogen (secondary N) is 1. The van der Waals surface area contributed by atoms with Gasteiger partial charge in [0.2, 0.25) is 5.88 Å². The van der Waals surface area contributed by atoms with Crippen LogP contribution in [0.5, 0.6) is 5.88 Å². The van der Waals surface area contributed by atoms with E-state index < -0.39 is 17.2 Å². The second kappa shape index (κ2) is 9.75. The number of benzene rings is 1. The maximum atomic E-state index is 13.4. The predicted octanol–water partition coefficient (Wildman–Crippen LogP) is 2.02. The molecule has 0 atom stereocenters. The Kier molecular flexibility index (Phi) is 6.86. The Balaban J connectivity index is 2.11. The van der Waals surface area contributed by atoms with E-state index in [4.69, 9.17) is 10.5 Å². The van der Waals surface area contributed by atoms with E-state index in [1.807, 2.05) is 37.3 Å². The van der Waals surface area contributed by atoms with Gasteiger partial charge < -0.3 is 15.4 Å². The molecule has 2 aromatic heterocycles. The van der Waals surface area contributed by atoms with E-state index in [-0.39, 0.29) is 36.0 Å². The first kappa shape index (κ1) is 21.8. The van der Waals surface area contributed by atoms with Gasteiger partial charge in [-0.05, 0) is 31.0 Å². The van der Waals surface area contributed by atoms with Crippen LogP contribution in [0.15, 0.2) is 58.3 Å². The molecule has 0 saturated carbocycles. The Morgan fingerprint density at radius 3 is 2.58 bits per heavy atom. The number of aromatic amines is 1. The molecule has 0 unspecified atom stereocenters. The summed E-state index contributed by atoms with van der Waals surface area (Å²) in [4.78, 5) is 46.3. The lowest BCUT2D eigenvalue weighted by molar-refractivity contribution is 0.0982. The quantitative estimate of drug-likeness (QED) is 0.571. The average Bonchev–Trinajstić information content (AvgIpc) is 2.77. The highest BCUT2D eigenvalue weighted by atomic mass is 16.5. The number of pyridine rings is 1.